The Morgan fingerprint density at radius 3 is 2.77 bits per heavy atom. The van der Waals surface area contributed by atoms with Gasteiger partial charge in [0, 0.05) is 12.7 Å². The number of amides is 1. The quantitative estimate of drug-likeness (QED) is 0.694. The molecule has 1 fully saturated rings. The van der Waals surface area contributed by atoms with Gasteiger partial charge in [-0.25, -0.2) is 0 Å². The summed E-state index contributed by atoms with van der Waals surface area (Å²) in [4.78, 5) is 14.1. The van der Waals surface area contributed by atoms with Gasteiger partial charge in [-0.05, 0) is 36.8 Å². The van der Waals surface area contributed by atoms with E-state index in [1.165, 1.54) is 0 Å². The molecule has 1 N–H and O–H groups in total. The zero-order valence-corrected chi connectivity index (χ0v) is 13.0. The minimum Gasteiger partial charge on any atom is -0.328 e. The standard InChI is InChI=1S/C16H16N4OS/c1-2-20-13(8-9-17-20)10-14-15(21)19(16(22)18-14)11-12-6-4-3-5-7-12/h3-10H,2,11H2,1H3,(H,18,22)/b14-10+. The van der Waals surface area contributed by atoms with Gasteiger partial charge in [-0.15, -0.1) is 0 Å². The molecule has 0 radical (unpaired) electrons. The molecule has 2 aromatic rings. The van der Waals surface area contributed by atoms with Crippen LogP contribution in [0.3, 0.4) is 0 Å². The van der Waals surface area contributed by atoms with Crippen molar-refractivity contribution in [1.82, 2.24) is 20.0 Å². The lowest BCUT2D eigenvalue weighted by molar-refractivity contribution is -0.122. The number of hydrogen-bond donors (Lipinski definition) is 1. The second-order valence-corrected chi connectivity index (χ2v) is 5.32. The van der Waals surface area contributed by atoms with Gasteiger partial charge in [0.15, 0.2) is 5.11 Å². The molecule has 1 aromatic heterocycles. The van der Waals surface area contributed by atoms with Gasteiger partial charge in [-0.1, -0.05) is 30.3 Å². The highest BCUT2D eigenvalue weighted by atomic mass is 32.1. The van der Waals surface area contributed by atoms with Crippen molar-refractivity contribution < 1.29 is 4.79 Å². The number of nitrogens with one attached hydrogen (secondary N) is 1. The SMILES string of the molecule is CCn1nccc1/C=C1/NC(=S)N(Cc2ccccc2)C1=O. The van der Waals surface area contributed by atoms with Crippen LogP contribution in [-0.4, -0.2) is 25.7 Å². The number of hydrogen-bond acceptors (Lipinski definition) is 3. The third-order valence-electron chi connectivity index (χ3n) is 3.49. The van der Waals surface area contributed by atoms with Gasteiger partial charge < -0.3 is 5.32 Å². The Labute approximate surface area is 134 Å². The third-order valence-corrected chi connectivity index (χ3v) is 3.81. The molecular weight excluding hydrogens is 296 g/mol. The van der Waals surface area contributed by atoms with Crippen LogP contribution in [0.15, 0.2) is 48.3 Å². The Hall–Kier alpha value is -2.47. The minimum absolute atomic E-state index is 0.113. The highest BCUT2D eigenvalue weighted by Gasteiger charge is 2.30. The Morgan fingerprint density at radius 1 is 1.27 bits per heavy atom. The number of aromatic nitrogens is 2. The summed E-state index contributed by atoms with van der Waals surface area (Å²) in [5.41, 5.74) is 2.40. The smallest absolute Gasteiger partial charge is 0.276 e. The largest absolute Gasteiger partial charge is 0.328 e. The van der Waals surface area contributed by atoms with Crippen LogP contribution < -0.4 is 5.32 Å². The average molecular weight is 312 g/mol. The van der Waals surface area contributed by atoms with Gasteiger partial charge in [0.2, 0.25) is 0 Å². The number of benzene rings is 1. The van der Waals surface area contributed by atoms with E-state index in [2.05, 4.69) is 10.4 Å². The normalized spacial score (nSPS) is 16.4. The van der Waals surface area contributed by atoms with Crippen molar-refractivity contribution in [2.24, 2.45) is 0 Å². The maximum Gasteiger partial charge on any atom is 0.276 e. The lowest BCUT2D eigenvalue weighted by atomic mass is 10.2. The highest BCUT2D eigenvalue weighted by molar-refractivity contribution is 7.80. The average Bonchev–Trinajstić information content (AvgIpc) is 3.08. The van der Waals surface area contributed by atoms with E-state index in [0.717, 1.165) is 17.8 Å². The number of carbonyl (C=O) groups excluding carboxylic acids is 1. The van der Waals surface area contributed by atoms with Crippen molar-refractivity contribution in [3.63, 3.8) is 0 Å². The fraction of sp³-hybridized carbons (Fsp3) is 0.188. The number of thiocarbonyl (C=S) groups is 1. The Kier molecular flexibility index (Phi) is 4.02. The van der Waals surface area contributed by atoms with E-state index in [1.807, 2.05) is 48.0 Å². The molecule has 1 amide bonds. The molecule has 0 spiro atoms. The minimum atomic E-state index is -0.113. The summed E-state index contributed by atoms with van der Waals surface area (Å²) in [5, 5.41) is 7.62. The zero-order valence-electron chi connectivity index (χ0n) is 12.2. The lowest BCUT2D eigenvalue weighted by Crippen LogP contribution is -2.29. The van der Waals surface area contributed by atoms with Crippen LogP contribution in [0.5, 0.6) is 0 Å². The van der Waals surface area contributed by atoms with Gasteiger partial charge in [0.1, 0.15) is 5.70 Å². The molecule has 2 heterocycles. The summed E-state index contributed by atoms with van der Waals surface area (Å²) < 4.78 is 1.82. The van der Waals surface area contributed by atoms with Crippen LogP contribution in [0.2, 0.25) is 0 Å². The van der Waals surface area contributed by atoms with Gasteiger partial charge in [0.05, 0.1) is 12.2 Å². The van der Waals surface area contributed by atoms with E-state index in [-0.39, 0.29) is 5.91 Å². The van der Waals surface area contributed by atoms with Gasteiger partial charge in [-0.2, -0.15) is 5.10 Å². The van der Waals surface area contributed by atoms with Crippen LogP contribution >= 0.6 is 12.2 Å². The number of carbonyl (C=O) groups is 1. The zero-order chi connectivity index (χ0) is 15.5. The van der Waals surface area contributed by atoms with Crippen LogP contribution in [0.25, 0.3) is 6.08 Å². The van der Waals surface area contributed by atoms with Gasteiger partial charge >= 0.3 is 0 Å². The van der Waals surface area contributed by atoms with Crippen LogP contribution in [0.1, 0.15) is 18.2 Å². The molecule has 6 heteroatoms. The predicted octanol–water partition coefficient (Wildman–Crippen LogP) is 2.16. The van der Waals surface area contributed by atoms with Crippen molar-refractivity contribution >= 4 is 29.3 Å². The summed E-state index contributed by atoms with van der Waals surface area (Å²) in [5.74, 6) is -0.113. The van der Waals surface area contributed by atoms with E-state index >= 15 is 0 Å². The fourth-order valence-electron chi connectivity index (χ4n) is 2.36. The van der Waals surface area contributed by atoms with E-state index in [0.29, 0.717) is 17.4 Å². The molecule has 1 aromatic carbocycles. The highest BCUT2D eigenvalue weighted by Crippen LogP contribution is 2.17. The van der Waals surface area contributed by atoms with E-state index in [4.69, 9.17) is 12.2 Å². The molecule has 1 saturated heterocycles. The molecule has 0 atom stereocenters. The molecule has 0 aliphatic carbocycles. The third kappa shape index (κ3) is 2.78. The maximum atomic E-state index is 12.5. The molecule has 0 unspecified atom stereocenters. The first kappa shape index (κ1) is 14.5. The molecule has 22 heavy (non-hydrogen) atoms. The summed E-state index contributed by atoms with van der Waals surface area (Å²) in [6.07, 6.45) is 3.51. The van der Waals surface area contributed by atoms with Crippen molar-refractivity contribution in [2.75, 3.05) is 0 Å². The van der Waals surface area contributed by atoms with Crippen molar-refractivity contribution in [2.45, 2.75) is 20.0 Å². The predicted molar refractivity (Wildman–Crippen MR) is 88.6 cm³/mol. The second-order valence-electron chi connectivity index (χ2n) is 4.94. The Balaban J connectivity index is 1.82. The van der Waals surface area contributed by atoms with Crippen molar-refractivity contribution in [1.29, 1.82) is 0 Å². The molecule has 1 aliphatic rings. The number of nitrogens with zero attached hydrogens (tertiary/aromatic N) is 3. The summed E-state index contributed by atoms with van der Waals surface area (Å²) in [7, 11) is 0. The van der Waals surface area contributed by atoms with Crippen LogP contribution in [-0.2, 0) is 17.9 Å². The lowest BCUT2D eigenvalue weighted by Gasteiger charge is -2.13. The fourth-order valence-corrected chi connectivity index (χ4v) is 2.62. The molecule has 112 valence electrons. The Morgan fingerprint density at radius 2 is 2.05 bits per heavy atom. The molecular formula is C16H16N4OS. The first-order valence-electron chi connectivity index (χ1n) is 7.09. The second kappa shape index (κ2) is 6.11. The van der Waals surface area contributed by atoms with E-state index in [9.17, 15) is 4.79 Å². The topological polar surface area (TPSA) is 50.2 Å². The van der Waals surface area contributed by atoms with Gasteiger partial charge in [0.25, 0.3) is 5.91 Å². The summed E-state index contributed by atoms with van der Waals surface area (Å²) in [6, 6.07) is 11.7. The number of aryl methyl sites for hydroxylation is 1. The monoisotopic (exact) mass is 312 g/mol. The van der Waals surface area contributed by atoms with Crippen LogP contribution in [0, 0.1) is 0 Å². The van der Waals surface area contributed by atoms with Crippen molar-refractivity contribution in [3.05, 3.63) is 59.5 Å². The maximum absolute atomic E-state index is 12.5. The van der Waals surface area contributed by atoms with Gasteiger partial charge in [-0.3, -0.25) is 14.4 Å². The molecule has 0 saturated carbocycles. The summed E-state index contributed by atoms with van der Waals surface area (Å²) in [6.45, 7) is 3.22. The van der Waals surface area contributed by atoms with Crippen molar-refractivity contribution in [3.8, 4) is 0 Å². The molecule has 3 rings (SSSR count). The molecule has 0 bridgehead atoms. The van der Waals surface area contributed by atoms with E-state index in [1.54, 1.807) is 17.2 Å². The van der Waals surface area contributed by atoms with E-state index < -0.39 is 0 Å². The van der Waals surface area contributed by atoms with Crippen LogP contribution in [0.4, 0.5) is 0 Å². The Bertz CT molecular complexity index is 736. The molecule has 5 nitrogen and oxygen atoms in total. The first-order valence-corrected chi connectivity index (χ1v) is 7.50. The summed E-state index contributed by atoms with van der Waals surface area (Å²) >= 11 is 5.28. The number of rotatable bonds is 4. The first-order chi connectivity index (χ1) is 10.7. The molecule has 1 aliphatic heterocycles.